The third-order valence-electron chi connectivity index (χ3n) is 5.36. The number of unbranched alkanes of at least 4 members (excludes halogenated alkanes) is 1. The first-order valence-corrected chi connectivity index (χ1v) is 12.9. The lowest BCUT2D eigenvalue weighted by molar-refractivity contribution is -0.127. The summed E-state index contributed by atoms with van der Waals surface area (Å²) in [6.07, 6.45) is 5.49. The van der Waals surface area contributed by atoms with Gasteiger partial charge in [-0.3, -0.25) is 14.4 Å². The lowest BCUT2D eigenvalue weighted by Gasteiger charge is -2.18. The number of furan rings is 1. The van der Waals surface area contributed by atoms with Gasteiger partial charge in [0.25, 0.3) is 0 Å². The van der Waals surface area contributed by atoms with Crippen LogP contribution in [0.1, 0.15) is 57.3 Å². The third-order valence-corrected chi connectivity index (χ3v) is 6.34. The molecule has 0 aliphatic heterocycles. The summed E-state index contributed by atoms with van der Waals surface area (Å²) >= 11 is 1.50. The van der Waals surface area contributed by atoms with Crippen molar-refractivity contribution in [3.8, 4) is 0 Å². The van der Waals surface area contributed by atoms with Crippen molar-refractivity contribution in [1.82, 2.24) is 10.6 Å². The summed E-state index contributed by atoms with van der Waals surface area (Å²) in [5.74, 6) is 1.92. The molecule has 2 amide bonds. The SMILES string of the molecule is CCCC[C@H](NC(=O)CC[C@H](C)CNC(=O)Cc1ccccc1)C(=O)CSCc1ccco1. The largest absolute Gasteiger partial charge is 0.468 e. The van der Waals surface area contributed by atoms with Crippen molar-refractivity contribution in [1.29, 1.82) is 0 Å². The highest BCUT2D eigenvalue weighted by Crippen LogP contribution is 2.15. The van der Waals surface area contributed by atoms with Crippen LogP contribution in [0.15, 0.2) is 53.1 Å². The number of thioether (sulfide) groups is 1. The van der Waals surface area contributed by atoms with Crippen LogP contribution in [0.25, 0.3) is 0 Å². The number of amides is 2. The number of hydrogen-bond acceptors (Lipinski definition) is 5. The second kappa shape index (κ2) is 15.3. The number of nitrogens with one attached hydrogen (secondary N) is 2. The molecule has 0 spiro atoms. The highest BCUT2D eigenvalue weighted by atomic mass is 32.2. The first-order chi connectivity index (χ1) is 16.0. The minimum Gasteiger partial charge on any atom is -0.468 e. The summed E-state index contributed by atoms with van der Waals surface area (Å²) in [6.45, 7) is 4.62. The Morgan fingerprint density at radius 2 is 1.82 bits per heavy atom. The van der Waals surface area contributed by atoms with Crippen LogP contribution in [0.4, 0.5) is 0 Å². The molecule has 0 saturated carbocycles. The van der Waals surface area contributed by atoms with Crippen molar-refractivity contribution in [3.63, 3.8) is 0 Å². The summed E-state index contributed by atoms with van der Waals surface area (Å²) in [6, 6.07) is 12.9. The molecule has 1 aromatic carbocycles. The number of Topliss-reactive ketones (excluding diaryl/α,β-unsaturated/α-hetero) is 1. The van der Waals surface area contributed by atoms with Crippen molar-refractivity contribution < 1.29 is 18.8 Å². The van der Waals surface area contributed by atoms with Crippen LogP contribution in [0, 0.1) is 5.92 Å². The zero-order chi connectivity index (χ0) is 23.9. The normalized spacial score (nSPS) is 12.7. The monoisotopic (exact) mass is 472 g/mol. The number of carbonyl (C=O) groups is 3. The Morgan fingerprint density at radius 3 is 2.52 bits per heavy atom. The van der Waals surface area contributed by atoms with Crippen molar-refractivity contribution >= 4 is 29.4 Å². The lowest BCUT2D eigenvalue weighted by Crippen LogP contribution is -2.42. The van der Waals surface area contributed by atoms with E-state index in [-0.39, 0.29) is 23.5 Å². The predicted molar refractivity (Wildman–Crippen MR) is 133 cm³/mol. The van der Waals surface area contributed by atoms with Crippen LogP contribution in [-0.4, -0.2) is 35.9 Å². The quantitative estimate of drug-likeness (QED) is 0.375. The first-order valence-electron chi connectivity index (χ1n) is 11.7. The second-order valence-corrected chi connectivity index (χ2v) is 9.40. The zero-order valence-electron chi connectivity index (χ0n) is 19.7. The molecule has 2 aromatic rings. The van der Waals surface area contributed by atoms with Crippen LogP contribution in [-0.2, 0) is 26.6 Å². The maximum absolute atomic E-state index is 12.7. The number of hydrogen-bond donors (Lipinski definition) is 2. The van der Waals surface area contributed by atoms with Crippen molar-refractivity contribution in [3.05, 3.63) is 60.1 Å². The molecule has 1 aromatic heterocycles. The lowest BCUT2D eigenvalue weighted by atomic mass is 10.0. The molecule has 2 atom stereocenters. The standard InChI is InChI=1S/C26H36N2O4S/c1-3-4-12-23(24(29)19-33-18-22-11-8-15-32-22)28-25(30)14-13-20(2)17-27-26(31)16-21-9-6-5-7-10-21/h5-11,15,20,23H,3-4,12-14,16-19H2,1-2H3,(H,27,31)(H,28,30)/t20-,23-/m0/s1. The van der Waals surface area contributed by atoms with E-state index in [4.69, 9.17) is 4.42 Å². The topological polar surface area (TPSA) is 88.4 Å². The number of rotatable bonds is 16. The average molecular weight is 473 g/mol. The average Bonchev–Trinajstić information content (AvgIpc) is 3.33. The van der Waals surface area contributed by atoms with Crippen LogP contribution in [0.5, 0.6) is 0 Å². The number of benzene rings is 1. The van der Waals surface area contributed by atoms with Gasteiger partial charge in [0.05, 0.1) is 30.2 Å². The summed E-state index contributed by atoms with van der Waals surface area (Å²) < 4.78 is 5.30. The van der Waals surface area contributed by atoms with Gasteiger partial charge in [-0.1, -0.05) is 57.0 Å². The fraction of sp³-hybridized carbons (Fsp3) is 0.500. The van der Waals surface area contributed by atoms with Gasteiger partial charge in [0.15, 0.2) is 5.78 Å². The number of ketones is 1. The molecule has 0 aliphatic rings. The molecule has 0 fully saturated rings. The third kappa shape index (κ3) is 11.2. The second-order valence-electron chi connectivity index (χ2n) is 8.41. The fourth-order valence-electron chi connectivity index (χ4n) is 3.35. The smallest absolute Gasteiger partial charge is 0.224 e. The maximum atomic E-state index is 12.7. The van der Waals surface area contributed by atoms with Gasteiger partial charge in [-0.05, 0) is 36.5 Å². The van der Waals surface area contributed by atoms with E-state index >= 15 is 0 Å². The van der Waals surface area contributed by atoms with Crippen molar-refractivity contribution in [2.24, 2.45) is 5.92 Å². The minimum absolute atomic E-state index is 0.0187. The summed E-state index contributed by atoms with van der Waals surface area (Å²) in [5.41, 5.74) is 0.979. The molecule has 0 saturated heterocycles. The molecule has 0 aliphatic carbocycles. The molecule has 2 N–H and O–H groups in total. The molecule has 7 heteroatoms. The molecule has 0 radical (unpaired) electrons. The Labute approximate surface area is 201 Å². The van der Waals surface area contributed by atoms with E-state index in [9.17, 15) is 14.4 Å². The Kier molecular flexibility index (Phi) is 12.4. The van der Waals surface area contributed by atoms with E-state index in [0.717, 1.165) is 24.2 Å². The first kappa shape index (κ1) is 26.7. The summed E-state index contributed by atoms with van der Waals surface area (Å²) in [7, 11) is 0. The van der Waals surface area contributed by atoms with Crippen LogP contribution in [0.2, 0.25) is 0 Å². The molecule has 0 unspecified atom stereocenters. The Bertz CT molecular complexity index is 839. The van der Waals surface area contributed by atoms with Gasteiger partial charge >= 0.3 is 0 Å². The molecular formula is C26H36N2O4S. The Hall–Kier alpha value is -2.54. The fourth-order valence-corrected chi connectivity index (χ4v) is 4.22. The van der Waals surface area contributed by atoms with Crippen molar-refractivity contribution in [2.75, 3.05) is 12.3 Å². The van der Waals surface area contributed by atoms with Gasteiger partial charge in [-0.2, -0.15) is 0 Å². The van der Waals surface area contributed by atoms with E-state index in [0.29, 0.717) is 43.7 Å². The van der Waals surface area contributed by atoms with Gasteiger partial charge in [0.2, 0.25) is 11.8 Å². The van der Waals surface area contributed by atoms with Gasteiger partial charge in [-0.15, -0.1) is 11.8 Å². The predicted octanol–water partition coefficient (Wildman–Crippen LogP) is 4.53. The highest BCUT2D eigenvalue weighted by molar-refractivity contribution is 7.99. The molecular weight excluding hydrogens is 436 g/mol. The molecule has 1 heterocycles. The Morgan fingerprint density at radius 1 is 1.03 bits per heavy atom. The van der Waals surface area contributed by atoms with E-state index < -0.39 is 6.04 Å². The number of carbonyl (C=O) groups excluding carboxylic acids is 3. The van der Waals surface area contributed by atoms with Crippen LogP contribution >= 0.6 is 11.8 Å². The van der Waals surface area contributed by atoms with E-state index in [1.807, 2.05) is 49.4 Å². The zero-order valence-corrected chi connectivity index (χ0v) is 20.5. The highest BCUT2D eigenvalue weighted by Gasteiger charge is 2.20. The summed E-state index contributed by atoms with van der Waals surface area (Å²) in [5, 5.41) is 5.88. The van der Waals surface area contributed by atoms with E-state index in [1.54, 1.807) is 6.26 Å². The van der Waals surface area contributed by atoms with E-state index in [1.165, 1.54) is 11.8 Å². The van der Waals surface area contributed by atoms with E-state index in [2.05, 4.69) is 17.6 Å². The van der Waals surface area contributed by atoms with Gasteiger partial charge in [-0.25, -0.2) is 0 Å². The molecule has 6 nitrogen and oxygen atoms in total. The Balaban J connectivity index is 1.68. The van der Waals surface area contributed by atoms with Gasteiger partial charge in [0, 0.05) is 13.0 Å². The maximum Gasteiger partial charge on any atom is 0.224 e. The molecule has 0 bridgehead atoms. The molecule has 33 heavy (non-hydrogen) atoms. The van der Waals surface area contributed by atoms with Crippen molar-refractivity contribution in [2.45, 2.75) is 64.2 Å². The molecule has 2 rings (SSSR count). The van der Waals surface area contributed by atoms with Gasteiger partial charge < -0.3 is 15.1 Å². The minimum atomic E-state index is -0.442. The molecule has 180 valence electrons. The van der Waals surface area contributed by atoms with Gasteiger partial charge in [0.1, 0.15) is 5.76 Å². The summed E-state index contributed by atoms with van der Waals surface area (Å²) in [4.78, 5) is 37.3. The van der Waals surface area contributed by atoms with Crippen LogP contribution < -0.4 is 10.6 Å². The van der Waals surface area contributed by atoms with Crippen LogP contribution in [0.3, 0.4) is 0 Å².